The molecule has 0 unspecified atom stereocenters. The van der Waals surface area contributed by atoms with Crippen molar-refractivity contribution in [2.45, 2.75) is 0 Å². The fourth-order valence-electron chi connectivity index (χ4n) is 1.67. The standard InChI is InChI=1S/C11H7BrFN3S/c12-7-3-4-17-10(7)9-11(14)16-5-6(13)1-2-8(16)15-9/h1-5H,14H2. The lowest BCUT2D eigenvalue weighted by Gasteiger charge is -1.97. The summed E-state index contributed by atoms with van der Waals surface area (Å²) in [5.74, 6) is 0.112. The molecular formula is C11H7BrFN3S. The Balaban J connectivity index is 2.32. The lowest BCUT2D eigenvalue weighted by molar-refractivity contribution is 0.619. The maximum absolute atomic E-state index is 13.1. The van der Waals surface area contributed by atoms with Crippen LogP contribution in [-0.2, 0) is 0 Å². The van der Waals surface area contributed by atoms with E-state index in [1.165, 1.54) is 23.6 Å². The predicted molar refractivity (Wildman–Crippen MR) is 70.6 cm³/mol. The number of halogens is 2. The molecular weight excluding hydrogens is 305 g/mol. The highest BCUT2D eigenvalue weighted by atomic mass is 79.9. The second-order valence-electron chi connectivity index (χ2n) is 3.52. The molecule has 0 aliphatic carbocycles. The zero-order chi connectivity index (χ0) is 12.0. The fraction of sp³-hybridized carbons (Fsp3) is 0. The Bertz CT molecular complexity index is 704. The highest BCUT2D eigenvalue weighted by molar-refractivity contribution is 9.10. The lowest BCUT2D eigenvalue weighted by Crippen LogP contribution is -1.94. The minimum absolute atomic E-state index is 0.335. The van der Waals surface area contributed by atoms with Crippen molar-refractivity contribution < 1.29 is 4.39 Å². The average Bonchev–Trinajstić information content (AvgIpc) is 2.84. The average molecular weight is 312 g/mol. The van der Waals surface area contributed by atoms with Crippen LogP contribution in [0.5, 0.6) is 0 Å². The predicted octanol–water partition coefficient (Wildman–Crippen LogP) is 3.55. The Labute approximate surface area is 109 Å². The van der Waals surface area contributed by atoms with Gasteiger partial charge in [0, 0.05) is 10.7 Å². The second kappa shape index (κ2) is 3.82. The molecule has 0 aromatic carbocycles. The van der Waals surface area contributed by atoms with Crippen molar-refractivity contribution in [3.63, 3.8) is 0 Å². The van der Waals surface area contributed by atoms with Crippen LogP contribution in [0.4, 0.5) is 10.2 Å². The van der Waals surface area contributed by atoms with Crippen molar-refractivity contribution >= 4 is 38.7 Å². The summed E-state index contributed by atoms with van der Waals surface area (Å²) in [5, 5.41) is 1.95. The van der Waals surface area contributed by atoms with Gasteiger partial charge in [-0.2, -0.15) is 0 Å². The largest absolute Gasteiger partial charge is 0.383 e. The normalized spacial score (nSPS) is 11.2. The number of hydrogen-bond donors (Lipinski definition) is 1. The van der Waals surface area contributed by atoms with E-state index in [1.807, 2.05) is 11.4 Å². The monoisotopic (exact) mass is 311 g/mol. The van der Waals surface area contributed by atoms with Crippen molar-refractivity contribution in [1.29, 1.82) is 0 Å². The van der Waals surface area contributed by atoms with Gasteiger partial charge in [0.1, 0.15) is 23.0 Å². The van der Waals surface area contributed by atoms with Crippen LogP contribution in [0.1, 0.15) is 0 Å². The third-order valence-electron chi connectivity index (χ3n) is 2.45. The van der Waals surface area contributed by atoms with Gasteiger partial charge < -0.3 is 5.73 Å². The van der Waals surface area contributed by atoms with E-state index in [0.717, 1.165) is 9.35 Å². The Hall–Kier alpha value is -1.40. The molecule has 0 aliphatic rings. The Morgan fingerprint density at radius 3 is 2.88 bits per heavy atom. The van der Waals surface area contributed by atoms with Crippen LogP contribution < -0.4 is 5.73 Å². The zero-order valence-corrected chi connectivity index (χ0v) is 10.9. The first-order valence-electron chi connectivity index (χ1n) is 4.83. The van der Waals surface area contributed by atoms with E-state index in [-0.39, 0.29) is 5.82 Å². The lowest BCUT2D eigenvalue weighted by atomic mass is 10.3. The Morgan fingerprint density at radius 1 is 1.35 bits per heavy atom. The van der Waals surface area contributed by atoms with Crippen LogP contribution in [-0.4, -0.2) is 9.38 Å². The van der Waals surface area contributed by atoms with E-state index in [0.29, 0.717) is 17.2 Å². The third-order valence-corrected chi connectivity index (χ3v) is 4.30. The highest BCUT2D eigenvalue weighted by Crippen LogP contribution is 2.36. The summed E-state index contributed by atoms with van der Waals surface area (Å²) in [7, 11) is 0. The number of nitrogens with two attached hydrogens (primary N) is 1. The van der Waals surface area contributed by atoms with Crippen molar-refractivity contribution in [2.75, 3.05) is 5.73 Å². The molecule has 3 rings (SSSR count). The molecule has 3 nitrogen and oxygen atoms in total. The number of nitrogen functional groups attached to an aromatic ring is 1. The quantitative estimate of drug-likeness (QED) is 0.747. The number of imidazole rings is 1. The summed E-state index contributed by atoms with van der Waals surface area (Å²) in [6, 6.07) is 4.91. The number of fused-ring (bicyclic) bond motifs is 1. The number of anilines is 1. The summed E-state index contributed by atoms with van der Waals surface area (Å²) >= 11 is 4.98. The van der Waals surface area contributed by atoms with E-state index in [1.54, 1.807) is 10.5 Å². The molecule has 0 atom stereocenters. The Kier molecular flexibility index (Phi) is 2.41. The molecule has 17 heavy (non-hydrogen) atoms. The van der Waals surface area contributed by atoms with Gasteiger partial charge in [-0.15, -0.1) is 11.3 Å². The van der Waals surface area contributed by atoms with Gasteiger partial charge in [0.05, 0.1) is 4.88 Å². The van der Waals surface area contributed by atoms with Gasteiger partial charge >= 0.3 is 0 Å². The number of hydrogen-bond acceptors (Lipinski definition) is 3. The van der Waals surface area contributed by atoms with E-state index < -0.39 is 0 Å². The first kappa shape index (κ1) is 10.7. The minimum Gasteiger partial charge on any atom is -0.383 e. The summed E-state index contributed by atoms with van der Waals surface area (Å²) < 4.78 is 15.6. The molecule has 6 heteroatoms. The molecule has 0 radical (unpaired) electrons. The zero-order valence-electron chi connectivity index (χ0n) is 8.52. The molecule has 0 saturated carbocycles. The van der Waals surface area contributed by atoms with Crippen LogP contribution in [0.3, 0.4) is 0 Å². The van der Waals surface area contributed by atoms with Crippen LogP contribution in [0, 0.1) is 5.82 Å². The van der Waals surface area contributed by atoms with Crippen molar-refractivity contribution in [3.05, 3.63) is 40.1 Å². The van der Waals surface area contributed by atoms with Gasteiger partial charge in [0.25, 0.3) is 0 Å². The molecule has 0 bridgehead atoms. The third kappa shape index (κ3) is 1.64. The molecule has 3 aromatic heterocycles. The molecule has 0 fully saturated rings. The Morgan fingerprint density at radius 2 is 2.18 bits per heavy atom. The number of pyridine rings is 1. The summed E-state index contributed by atoms with van der Waals surface area (Å²) in [4.78, 5) is 5.36. The maximum atomic E-state index is 13.1. The molecule has 0 amide bonds. The van der Waals surface area contributed by atoms with Crippen molar-refractivity contribution in [3.8, 4) is 10.6 Å². The molecule has 0 saturated heterocycles. The molecule has 0 aliphatic heterocycles. The first-order valence-corrected chi connectivity index (χ1v) is 6.50. The number of rotatable bonds is 1. The maximum Gasteiger partial charge on any atom is 0.140 e. The summed E-state index contributed by atoms with van der Waals surface area (Å²) in [5.41, 5.74) is 7.30. The molecule has 0 spiro atoms. The SMILES string of the molecule is Nc1c(-c2sccc2Br)nc2ccc(F)cn12. The topological polar surface area (TPSA) is 43.3 Å². The van der Waals surface area contributed by atoms with Crippen LogP contribution in [0.15, 0.2) is 34.2 Å². The van der Waals surface area contributed by atoms with Gasteiger partial charge in [-0.3, -0.25) is 4.40 Å². The number of nitrogens with zero attached hydrogens (tertiary/aromatic N) is 2. The first-order chi connectivity index (χ1) is 8.16. The smallest absolute Gasteiger partial charge is 0.140 e. The van der Waals surface area contributed by atoms with Gasteiger partial charge in [-0.1, -0.05) is 0 Å². The van der Waals surface area contributed by atoms with Gasteiger partial charge in [-0.05, 0) is 39.5 Å². The highest BCUT2D eigenvalue weighted by Gasteiger charge is 2.15. The second-order valence-corrected chi connectivity index (χ2v) is 5.29. The molecule has 2 N–H and O–H groups in total. The van der Waals surface area contributed by atoms with E-state index >= 15 is 0 Å². The van der Waals surface area contributed by atoms with Crippen LogP contribution in [0.2, 0.25) is 0 Å². The van der Waals surface area contributed by atoms with E-state index in [9.17, 15) is 4.39 Å². The van der Waals surface area contributed by atoms with Crippen LogP contribution in [0.25, 0.3) is 16.2 Å². The van der Waals surface area contributed by atoms with Gasteiger partial charge in [0.15, 0.2) is 0 Å². The van der Waals surface area contributed by atoms with Gasteiger partial charge in [-0.25, -0.2) is 9.37 Å². The van der Waals surface area contributed by atoms with Crippen molar-refractivity contribution in [1.82, 2.24) is 9.38 Å². The summed E-state index contributed by atoms with van der Waals surface area (Å²) in [6.45, 7) is 0. The number of aromatic nitrogens is 2. The summed E-state index contributed by atoms with van der Waals surface area (Å²) in [6.07, 6.45) is 1.34. The molecule has 3 heterocycles. The van der Waals surface area contributed by atoms with Gasteiger partial charge in [0.2, 0.25) is 0 Å². The minimum atomic E-state index is -0.335. The van der Waals surface area contributed by atoms with Crippen LogP contribution >= 0.6 is 27.3 Å². The van der Waals surface area contributed by atoms with E-state index in [4.69, 9.17) is 5.73 Å². The van der Waals surface area contributed by atoms with Crippen molar-refractivity contribution in [2.24, 2.45) is 0 Å². The molecule has 3 aromatic rings. The molecule has 86 valence electrons. The fourth-order valence-corrected chi connectivity index (χ4v) is 3.22. The van der Waals surface area contributed by atoms with E-state index in [2.05, 4.69) is 20.9 Å². The number of thiophene rings is 1.